The molecule has 0 radical (unpaired) electrons. The fraction of sp³-hybridized carbons (Fsp3) is 0.400. The number of carbonyl (C=O) groups is 2. The lowest BCUT2D eigenvalue weighted by atomic mass is 9.90. The second kappa shape index (κ2) is 11.6. The van der Waals surface area contributed by atoms with Crippen molar-refractivity contribution in [2.75, 3.05) is 53.5 Å². The third-order valence-corrected chi connectivity index (χ3v) is 8.62. The highest BCUT2D eigenvalue weighted by atomic mass is 32.1. The van der Waals surface area contributed by atoms with Crippen LogP contribution in [0.5, 0.6) is 11.5 Å². The van der Waals surface area contributed by atoms with Gasteiger partial charge in [-0.1, -0.05) is 24.3 Å². The van der Waals surface area contributed by atoms with Gasteiger partial charge in [-0.05, 0) is 60.0 Å². The summed E-state index contributed by atoms with van der Waals surface area (Å²) in [6.07, 6.45) is 1.71. The lowest BCUT2D eigenvalue weighted by Crippen LogP contribution is -2.45. The van der Waals surface area contributed by atoms with Crippen molar-refractivity contribution >= 4 is 23.2 Å². The zero-order valence-electron chi connectivity index (χ0n) is 22.3. The molecule has 3 aromatic rings. The number of fused-ring (bicyclic) bond motifs is 1. The molecule has 1 atom stereocenters. The summed E-state index contributed by atoms with van der Waals surface area (Å²) in [7, 11) is 3.15. The molecule has 1 unspecified atom stereocenters. The van der Waals surface area contributed by atoms with Crippen molar-refractivity contribution in [3.8, 4) is 11.5 Å². The number of aryl methyl sites for hydroxylation is 1. The molecule has 1 aromatic heterocycles. The van der Waals surface area contributed by atoms with Crippen molar-refractivity contribution in [1.82, 2.24) is 14.7 Å². The van der Waals surface area contributed by atoms with E-state index in [0.29, 0.717) is 49.8 Å². The molecule has 2 aliphatic heterocycles. The molecule has 1 saturated heterocycles. The molecule has 2 aromatic carbocycles. The van der Waals surface area contributed by atoms with Gasteiger partial charge in [0, 0.05) is 49.2 Å². The topological polar surface area (TPSA) is 62.3 Å². The maximum Gasteiger partial charge on any atom is 0.254 e. The van der Waals surface area contributed by atoms with Crippen LogP contribution in [0.2, 0.25) is 0 Å². The Morgan fingerprint density at radius 3 is 2.34 bits per heavy atom. The van der Waals surface area contributed by atoms with E-state index in [0.717, 1.165) is 19.4 Å². The minimum absolute atomic E-state index is 0.0721. The quantitative estimate of drug-likeness (QED) is 0.470. The molecule has 5 rings (SSSR count). The Morgan fingerprint density at radius 1 is 0.895 bits per heavy atom. The van der Waals surface area contributed by atoms with Gasteiger partial charge in [-0.25, -0.2) is 0 Å². The first kappa shape index (κ1) is 26.3. The number of nitrogens with zero attached hydrogens (tertiary/aromatic N) is 3. The van der Waals surface area contributed by atoms with Gasteiger partial charge in [-0.2, -0.15) is 0 Å². The molecule has 3 heterocycles. The smallest absolute Gasteiger partial charge is 0.254 e. The predicted molar refractivity (Wildman–Crippen MR) is 149 cm³/mol. The van der Waals surface area contributed by atoms with Gasteiger partial charge >= 0.3 is 0 Å². The van der Waals surface area contributed by atoms with Crippen molar-refractivity contribution in [2.24, 2.45) is 0 Å². The molecule has 0 spiro atoms. The number of benzene rings is 2. The van der Waals surface area contributed by atoms with Gasteiger partial charge in [0.15, 0.2) is 0 Å². The number of carbonyl (C=O) groups excluding carboxylic acids is 2. The largest absolute Gasteiger partial charge is 0.497 e. The summed E-state index contributed by atoms with van der Waals surface area (Å²) in [5.41, 5.74) is 4.36. The van der Waals surface area contributed by atoms with Crippen LogP contribution in [0, 0.1) is 6.92 Å². The minimum Gasteiger partial charge on any atom is -0.497 e. The monoisotopic (exact) mass is 533 g/mol. The molecule has 200 valence electrons. The molecule has 1 fully saturated rings. The van der Waals surface area contributed by atoms with Crippen LogP contribution in [0.3, 0.4) is 0 Å². The minimum atomic E-state index is -0.0721. The average molecular weight is 534 g/mol. The summed E-state index contributed by atoms with van der Waals surface area (Å²) in [6, 6.07) is 16.0. The van der Waals surface area contributed by atoms with Gasteiger partial charge in [0.2, 0.25) is 5.91 Å². The summed E-state index contributed by atoms with van der Waals surface area (Å²) < 4.78 is 10.7. The van der Waals surface area contributed by atoms with Crippen LogP contribution in [0.15, 0.2) is 53.9 Å². The van der Waals surface area contributed by atoms with Crippen LogP contribution in [0.25, 0.3) is 0 Å². The van der Waals surface area contributed by atoms with E-state index in [1.165, 1.54) is 21.6 Å². The van der Waals surface area contributed by atoms with Gasteiger partial charge in [0.1, 0.15) is 11.5 Å². The molecule has 0 N–H and O–H groups in total. The molecule has 2 amide bonds. The first-order valence-electron chi connectivity index (χ1n) is 13.1. The van der Waals surface area contributed by atoms with Gasteiger partial charge in [0.25, 0.3) is 5.91 Å². The van der Waals surface area contributed by atoms with Gasteiger partial charge in [-0.15, -0.1) is 11.3 Å². The highest BCUT2D eigenvalue weighted by Gasteiger charge is 2.33. The van der Waals surface area contributed by atoms with E-state index in [4.69, 9.17) is 9.47 Å². The van der Waals surface area contributed by atoms with Crippen molar-refractivity contribution in [3.05, 3.63) is 81.0 Å². The number of hydrogen-bond donors (Lipinski definition) is 0. The average Bonchev–Trinajstić information content (AvgIpc) is 3.28. The second-order valence-electron chi connectivity index (χ2n) is 9.91. The Balaban J connectivity index is 1.28. The SMILES string of the molecule is COc1cc(OC)cc(C(=O)N2CCCN(C(=O)CN3CCc4sccc4C3c3ccccc3C)CC2)c1. The van der Waals surface area contributed by atoms with Crippen LogP contribution in [0.1, 0.15) is 44.4 Å². The van der Waals surface area contributed by atoms with Crippen LogP contribution >= 0.6 is 11.3 Å². The number of rotatable bonds is 6. The van der Waals surface area contributed by atoms with E-state index in [-0.39, 0.29) is 17.9 Å². The van der Waals surface area contributed by atoms with E-state index in [9.17, 15) is 9.59 Å². The summed E-state index contributed by atoms with van der Waals surface area (Å²) in [5, 5.41) is 2.17. The number of amides is 2. The maximum atomic E-state index is 13.6. The normalized spacial score (nSPS) is 18.0. The van der Waals surface area contributed by atoms with Gasteiger partial charge in [0.05, 0.1) is 26.8 Å². The van der Waals surface area contributed by atoms with Gasteiger partial charge in [-0.3, -0.25) is 14.5 Å². The predicted octanol–water partition coefficient (Wildman–Crippen LogP) is 4.40. The van der Waals surface area contributed by atoms with Gasteiger partial charge < -0.3 is 19.3 Å². The number of ether oxygens (including phenoxy) is 2. The van der Waals surface area contributed by atoms with Crippen LogP contribution in [-0.4, -0.2) is 80.0 Å². The van der Waals surface area contributed by atoms with Crippen molar-refractivity contribution < 1.29 is 19.1 Å². The number of methoxy groups -OCH3 is 2. The molecule has 7 nitrogen and oxygen atoms in total. The molecule has 8 heteroatoms. The molecule has 0 bridgehead atoms. The zero-order valence-corrected chi connectivity index (χ0v) is 23.1. The van der Waals surface area contributed by atoms with Crippen LogP contribution in [-0.2, 0) is 11.2 Å². The van der Waals surface area contributed by atoms with Crippen molar-refractivity contribution in [3.63, 3.8) is 0 Å². The standard InChI is InChI=1S/C30H35N3O4S/c1-21-7-4-5-8-25(21)29-26-10-16-38-27(26)9-13-33(29)20-28(34)31-11-6-12-32(15-14-31)30(35)22-17-23(36-2)19-24(18-22)37-3/h4-5,7-8,10,16-19,29H,6,9,11-15,20H2,1-3H3. The van der Waals surface area contributed by atoms with Crippen molar-refractivity contribution in [1.29, 1.82) is 0 Å². The van der Waals surface area contributed by atoms with E-state index in [1.807, 2.05) is 21.1 Å². The Kier molecular flexibility index (Phi) is 8.00. The first-order valence-corrected chi connectivity index (χ1v) is 14.0. The molecule has 2 aliphatic rings. The third kappa shape index (κ3) is 5.42. The highest BCUT2D eigenvalue weighted by molar-refractivity contribution is 7.10. The summed E-state index contributed by atoms with van der Waals surface area (Å²) in [6.45, 7) is 5.66. The molecule has 0 aliphatic carbocycles. The highest BCUT2D eigenvalue weighted by Crippen LogP contribution is 2.38. The number of hydrogen-bond acceptors (Lipinski definition) is 6. The fourth-order valence-electron chi connectivity index (χ4n) is 5.55. The number of thiophene rings is 1. The summed E-state index contributed by atoms with van der Waals surface area (Å²) in [5.74, 6) is 1.22. The van der Waals surface area contributed by atoms with E-state index in [2.05, 4.69) is 47.5 Å². The Labute approximate surface area is 228 Å². The van der Waals surface area contributed by atoms with Crippen LogP contribution < -0.4 is 9.47 Å². The second-order valence-corrected chi connectivity index (χ2v) is 10.9. The third-order valence-electron chi connectivity index (χ3n) is 7.62. The fourth-order valence-corrected chi connectivity index (χ4v) is 6.46. The summed E-state index contributed by atoms with van der Waals surface area (Å²) in [4.78, 5) is 34.4. The Bertz CT molecular complexity index is 1280. The van der Waals surface area contributed by atoms with Crippen molar-refractivity contribution in [2.45, 2.75) is 25.8 Å². The zero-order chi connectivity index (χ0) is 26.6. The van der Waals surface area contributed by atoms with Crippen LogP contribution in [0.4, 0.5) is 0 Å². The van der Waals surface area contributed by atoms with E-state index >= 15 is 0 Å². The lowest BCUT2D eigenvalue weighted by molar-refractivity contribution is -0.132. The van der Waals surface area contributed by atoms with E-state index in [1.54, 1.807) is 32.4 Å². The molecular weight excluding hydrogens is 498 g/mol. The lowest BCUT2D eigenvalue weighted by Gasteiger charge is -2.37. The first-order chi connectivity index (χ1) is 18.5. The van der Waals surface area contributed by atoms with E-state index < -0.39 is 0 Å². The molecular formula is C30H35N3O4S. The summed E-state index contributed by atoms with van der Waals surface area (Å²) >= 11 is 1.81. The Hall–Kier alpha value is -3.36. The molecule has 0 saturated carbocycles. The molecule has 38 heavy (non-hydrogen) atoms. The Morgan fingerprint density at radius 2 is 1.61 bits per heavy atom. The maximum absolute atomic E-state index is 13.6.